The first kappa shape index (κ1) is 26.7. The average molecular weight is 585 g/mol. The van der Waals surface area contributed by atoms with Gasteiger partial charge in [0.05, 0.1) is 28.6 Å². The van der Waals surface area contributed by atoms with Gasteiger partial charge in [-0.2, -0.15) is 9.37 Å². The molecule has 8 nitrogen and oxygen atoms in total. The second kappa shape index (κ2) is 11.1. The van der Waals surface area contributed by atoms with E-state index in [1.54, 1.807) is 68.5 Å². The molecule has 5 rings (SSSR count). The summed E-state index contributed by atoms with van der Waals surface area (Å²) in [6.45, 7) is 3.57. The quantitative estimate of drug-likeness (QED) is 0.238. The summed E-state index contributed by atoms with van der Waals surface area (Å²) in [5, 5.41) is 0.240. The molecule has 0 spiro atoms. The molecule has 1 aliphatic rings. The van der Waals surface area contributed by atoms with Gasteiger partial charge in [0.25, 0.3) is 11.4 Å². The molecule has 12 heteroatoms. The number of carbonyl (C=O) groups excluding carboxylic acids is 1. The minimum atomic E-state index is -0.823. The maximum atomic E-state index is 14.0. The molecular weight excluding hydrogens is 566 g/mol. The number of fused-ring (bicyclic) bond motifs is 1. The van der Waals surface area contributed by atoms with Crippen molar-refractivity contribution < 1.29 is 18.7 Å². The zero-order valence-corrected chi connectivity index (χ0v) is 22.9. The van der Waals surface area contributed by atoms with Crippen LogP contribution in [0.4, 0.5) is 4.39 Å². The summed E-state index contributed by atoms with van der Waals surface area (Å²) in [5.74, 6) is -1.39. The molecule has 0 aliphatic carbocycles. The lowest BCUT2D eigenvalue weighted by atomic mass is 9.96. The summed E-state index contributed by atoms with van der Waals surface area (Å²) < 4.78 is 26.7. The first-order chi connectivity index (χ1) is 18.8. The molecule has 2 aromatic heterocycles. The number of esters is 1. The van der Waals surface area contributed by atoms with E-state index in [0.29, 0.717) is 31.2 Å². The van der Waals surface area contributed by atoms with Crippen molar-refractivity contribution in [1.29, 1.82) is 0 Å². The fraction of sp³-hybridized carbons (Fsp3) is 0.148. The topological polar surface area (TPSA) is 95.7 Å². The Morgan fingerprint density at radius 2 is 2.00 bits per heavy atom. The van der Waals surface area contributed by atoms with Crippen LogP contribution in [-0.2, 0) is 9.53 Å². The van der Waals surface area contributed by atoms with E-state index in [9.17, 15) is 14.0 Å². The summed E-state index contributed by atoms with van der Waals surface area (Å²) >= 11 is 13.4. The summed E-state index contributed by atoms with van der Waals surface area (Å²) in [7, 11) is 0. The lowest BCUT2D eigenvalue weighted by Crippen LogP contribution is -2.40. The fourth-order valence-corrected chi connectivity index (χ4v) is 5.53. The van der Waals surface area contributed by atoms with E-state index in [4.69, 9.17) is 32.7 Å². The van der Waals surface area contributed by atoms with Crippen molar-refractivity contribution in [3.05, 3.63) is 113 Å². The van der Waals surface area contributed by atoms with Gasteiger partial charge in [-0.1, -0.05) is 53.3 Å². The molecule has 198 valence electrons. The number of halogens is 3. The Labute approximate surface area is 235 Å². The van der Waals surface area contributed by atoms with Crippen LogP contribution in [0, 0.1) is 5.82 Å². The van der Waals surface area contributed by atoms with E-state index in [2.05, 4.69) is 15.0 Å². The van der Waals surface area contributed by atoms with Gasteiger partial charge in [-0.3, -0.25) is 9.36 Å². The van der Waals surface area contributed by atoms with Crippen LogP contribution in [0.2, 0.25) is 10.3 Å². The zero-order chi connectivity index (χ0) is 27.7. The van der Waals surface area contributed by atoms with E-state index < -0.39 is 17.8 Å². The largest absolute Gasteiger partial charge is 0.463 e. The Bertz CT molecular complexity index is 1820. The number of hydrogen-bond acceptors (Lipinski definition) is 8. The number of ether oxygens (including phenoxy) is 2. The Morgan fingerprint density at radius 3 is 2.77 bits per heavy atom. The van der Waals surface area contributed by atoms with Crippen LogP contribution in [0.25, 0.3) is 6.08 Å². The van der Waals surface area contributed by atoms with Crippen LogP contribution in [0.3, 0.4) is 0 Å². The van der Waals surface area contributed by atoms with Crippen LogP contribution in [0.5, 0.6) is 11.6 Å². The van der Waals surface area contributed by atoms with Gasteiger partial charge in [0.2, 0.25) is 11.1 Å². The molecule has 39 heavy (non-hydrogen) atoms. The summed E-state index contributed by atoms with van der Waals surface area (Å²) in [6.07, 6.45) is 2.57. The highest BCUT2D eigenvalue weighted by Gasteiger charge is 2.34. The molecule has 0 amide bonds. The molecule has 1 atom stereocenters. The number of thiazole rings is 1. The second-order valence-electron chi connectivity index (χ2n) is 8.29. The molecule has 0 fully saturated rings. The molecular formula is C27H19Cl2FN4O4S. The van der Waals surface area contributed by atoms with Gasteiger partial charge in [-0.15, -0.1) is 0 Å². The van der Waals surface area contributed by atoms with Crippen molar-refractivity contribution in [2.45, 2.75) is 19.9 Å². The number of allylic oxidation sites excluding steroid dienone is 1. The van der Waals surface area contributed by atoms with Crippen molar-refractivity contribution in [3.8, 4) is 11.6 Å². The standard InChI is InChI=1S/C27H19Cl2FN4O4S/c1-3-37-25(36)21-14(2)32-27-34(22(21)17-9-4-5-10-18(17)28)24(35)20(39-27)12-15-7-6-8-16(11-15)38-23-19(30)13-31-26(29)33-23/h4-13,22H,3H2,1-2H3/b20-12-/t22-/m1/s1. The Hall–Kier alpha value is -3.86. The van der Waals surface area contributed by atoms with Crippen molar-refractivity contribution in [2.75, 3.05) is 6.61 Å². The minimum Gasteiger partial charge on any atom is -0.463 e. The van der Waals surface area contributed by atoms with Gasteiger partial charge in [-0.05, 0) is 60.9 Å². The molecule has 1 aliphatic heterocycles. The van der Waals surface area contributed by atoms with E-state index in [1.807, 2.05) is 0 Å². The van der Waals surface area contributed by atoms with Crippen LogP contribution in [-0.4, -0.2) is 27.1 Å². The molecule has 0 saturated heterocycles. The van der Waals surface area contributed by atoms with E-state index >= 15 is 0 Å². The third kappa shape index (κ3) is 5.36. The summed E-state index contributed by atoms with van der Waals surface area (Å²) in [5.41, 5.74) is 1.49. The normalized spacial score (nSPS) is 15.1. The molecule has 0 unspecified atom stereocenters. The first-order valence-electron chi connectivity index (χ1n) is 11.7. The second-order valence-corrected chi connectivity index (χ2v) is 10.0. The third-order valence-electron chi connectivity index (χ3n) is 5.77. The molecule has 3 heterocycles. The molecule has 2 aromatic carbocycles. The molecule has 0 saturated carbocycles. The first-order valence-corrected chi connectivity index (χ1v) is 13.2. The molecule has 0 bridgehead atoms. The van der Waals surface area contributed by atoms with Gasteiger partial charge >= 0.3 is 5.97 Å². The van der Waals surface area contributed by atoms with Gasteiger partial charge in [-0.25, -0.2) is 14.8 Å². The van der Waals surface area contributed by atoms with Crippen molar-refractivity contribution >= 4 is 46.6 Å². The van der Waals surface area contributed by atoms with E-state index in [1.165, 1.54) is 15.9 Å². The fourth-order valence-electron chi connectivity index (χ4n) is 4.12. The van der Waals surface area contributed by atoms with Gasteiger partial charge in [0.1, 0.15) is 11.8 Å². The highest BCUT2D eigenvalue weighted by molar-refractivity contribution is 7.07. The number of benzene rings is 2. The van der Waals surface area contributed by atoms with Crippen LogP contribution in [0.1, 0.15) is 31.0 Å². The SMILES string of the molecule is CCOC(=O)C1=C(C)N=c2s/c(=C\c3cccc(Oc4nc(Cl)ncc4F)c3)c(=O)n2[C@@H]1c1ccccc1Cl. The van der Waals surface area contributed by atoms with Crippen LogP contribution in [0.15, 0.2) is 75.8 Å². The van der Waals surface area contributed by atoms with E-state index in [-0.39, 0.29) is 34.7 Å². The maximum Gasteiger partial charge on any atom is 0.338 e. The minimum absolute atomic E-state index is 0.158. The number of hydrogen-bond donors (Lipinski definition) is 0. The summed E-state index contributed by atoms with van der Waals surface area (Å²) in [4.78, 5) is 39.0. The zero-order valence-electron chi connectivity index (χ0n) is 20.5. The van der Waals surface area contributed by atoms with Crippen LogP contribution < -0.4 is 19.6 Å². The number of aromatic nitrogens is 3. The van der Waals surface area contributed by atoms with E-state index in [0.717, 1.165) is 6.20 Å². The lowest BCUT2D eigenvalue weighted by molar-refractivity contribution is -0.139. The highest BCUT2D eigenvalue weighted by atomic mass is 35.5. The van der Waals surface area contributed by atoms with Crippen molar-refractivity contribution in [2.24, 2.45) is 4.99 Å². The number of rotatable bonds is 6. The maximum absolute atomic E-state index is 14.0. The number of nitrogens with zero attached hydrogens (tertiary/aromatic N) is 4. The third-order valence-corrected chi connectivity index (χ3v) is 7.28. The molecule has 0 radical (unpaired) electrons. The molecule has 0 N–H and O–H groups in total. The predicted molar refractivity (Wildman–Crippen MR) is 145 cm³/mol. The Kier molecular flexibility index (Phi) is 7.60. The van der Waals surface area contributed by atoms with Crippen molar-refractivity contribution in [1.82, 2.24) is 14.5 Å². The van der Waals surface area contributed by atoms with Crippen molar-refractivity contribution in [3.63, 3.8) is 0 Å². The molecule has 4 aromatic rings. The Balaban J connectivity index is 1.61. The lowest BCUT2D eigenvalue weighted by Gasteiger charge is -2.25. The van der Waals surface area contributed by atoms with Crippen LogP contribution >= 0.6 is 34.5 Å². The predicted octanol–water partition coefficient (Wildman–Crippen LogP) is 4.83. The highest BCUT2D eigenvalue weighted by Crippen LogP contribution is 2.34. The average Bonchev–Trinajstić information content (AvgIpc) is 3.20. The summed E-state index contributed by atoms with van der Waals surface area (Å²) in [6, 6.07) is 12.9. The van der Waals surface area contributed by atoms with Gasteiger partial charge < -0.3 is 9.47 Å². The van der Waals surface area contributed by atoms with Gasteiger partial charge in [0.15, 0.2) is 4.80 Å². The number of carbonyl (C=O) groups is 1. The monoisotopic (exact) mass is 584 g/mol. The smallest absolute Gasteiger partial charge is 0.338 e. The van der Waals surface area contributed by atoms with Gasteiger partial charge in [0, 0.05) is 5.02 Å². The Morgan fingerprint density at radius 1 is 1.21 bits per heavy atom.